The summed E-state index contributed by atoms with van der Waals surface area (Å²) < 4.78 is 29.9. The Kier molecular flexibility index (Phi) is 5.47. The maximum absolute atomic E-state index is 12.3. The molecule has 2 unspecified atom stereocenters. The molecule has 1 aromatic rings. The molecular formula is C15H20ClNO4S. The lowest BCUT2D eigenvalue weighted by Gasteiger charge is -2.38. The van der Waals surface area contributed by atoms with Gasteiger partial charge >= 0.3 is 0 Å². The summed E-state index contributed by atoms with van der Waals surface area (Å²) in [6, 6.07) is 6.02. The maximum Gasteiger partial charge on any atom is 0.224 e. The van der Waals surface area contributed by atoms with E-state index in [1.54, 1.807) is 17.0 Å². The largest absolute Gasteiger partial charge is 0.377 e. The number of benzene rings is 1. The van der Waals surface area contributed by atoms with Gasteiger partial charge in [-0.25, -0.2) is 8.42 Å². The molecule has 5 nitrogen and oxygen atoms in total. The Balaban J connectivity index is 2.04. The van der Waals surface area contributed by atoms with Crippen LogP contribution < -0.4 is 0 Å². The third-order valence-corrected chi connectivity index (χ3v) is 5.64. The first-order chi connectivity index (χ1) is 10.3. The summed E-state index contributed by atoms with van der Waals surface area (Å²) in [6.07, 6.45) is -0.0382. The van der Waals surface area contributed by atoms with Crippen LogP contribution in [0.1, 0.15) is 20.3 Å². The molecule has 0 radical (unpaired) electrons. The van der Waals surface area contributed by atoms with Gasteiger partial charge in [-0.05, 0) is 32.0 Å². The van der Waals surface area contributed by atoms with E-state index < -0.39 is 9.84 Å². The van der Waals surface area contributed by atoms with Crippen molar-refractivity contribution in [3.8, 4) is 0 Å². The summed E-state index contributed by atoms with van der Waals surface area (Å²) in [5.41, 5.74) is 0. The van der Waals surface area contributed by atoms with Crippen molar-refractivity contribution in [2.45, 2.75) is 37.2 Å². The highest BCUT2D eigenvalue weighted by atomic mass is 35.5. The molecule has 0 N–H and O–H groups in total. The van der Waals surface area contributed by atoms with Gasteiger partial charge in [-0.3, -0.25) is 4.79 Å². The highest BCUT2D eigenvalue weighted by Crippen LogP contribution is 2.19. The number of hydrogen-bond donors (Lipinski definition) is 0. The van der Waals surface area contributed by atoms with Crippen molar-refractivity contribution in [2.75, 3.05) is 19.0 Å². The molecule has 2 rings (SSSR count). The Hall–Kier alpha value is -1.11. The molecule has 7 heteroatoms. The summed E-state index contributed by atoms with van der Waals surface area (Å²) >= 11 is 5.82. The van der Waals surface area contributed by atoms with Gasteiger partial charge in [0.1, 0.15) is 0 Å². The number of morpholine rings is 1. The molecule has 0 bridgehead atoms. The monoisotopic (exact) mass is 345 g/mol. The first kappa shape index (κ1) is 17.2. The fraction of sp³-hybridized carbons (Fsp3) is 0.533. The van der Waals surface area contributed by atoms with Crippen molar-refractivity contribution in [3.05, 3.63) is 29.3 Å². The fourth-order valence-electron chi connectivity index (χ4n) is 2.62. The van der Waals surface area contributed by atoms with E-state index in [0.29, 0.717) is 18.2 Å². The molecule has 122 valence electrons. The van der Waals surface area contributed by atoms with Gasteiger partial charge in [0.25, 0.3) is 0 Å². The van der Waals surface area contributed by atoms with E-state index in [-0.39, 0.29) is 35.1 Å². The molecular weight excluding hydrogens is 326 g/mol. The lowest BCUT2D eigenvalue weighted by atomic mass is 10.1. The van der Waals surface area contributed by atoms with Crippen LogP contribution in [0.5, 0.6) is 0 Å². The van der Waals surface area contributed by atoms with Crippen LogP contribution in [0.2, 0.25) is 5.02 Å². The van der Waals surface area contributed by atoms with Crippen LogP contribution in [-0.2, 0) is 19.4 Å². The molecule has 2 atom stereocenters. The van der Waals surface area contributed by atoms with Crippen molar-refractivity contribution in [1.82, 2.24) is 4.90 Å². The van der Waals surface area contributed by atoms with Gasteiger partial charge in [-0.15, -0.1) is 0 Å². The van der Waals surface area contributed by atoms with Gasteiger partial charge in [0, 0.05) is 11.4 Å². The van der Waals surface area contributed by atoms with E-state index >= 15 is 0 Å². The molecule has 0 saturated carbocycles. The van der Waals surface area contributed by atoms with E-state index in [0.717, 1.165) is 0 Å². The van der Waals surface area contributed by atoms with Crippen molar-refractivity contribution in [1.29, 1.82) is 0 Å². The van der Waals surface area contributed by atoms with Gasteiger partial charge in [0.05, 0.1) is 35.9 Å². The lowest BCUT2D eigenvalue weighted by molar-refractivity contribution is -0.143. The number of carbonyl (C=O) groups excluding carboxylic acids is 1. The van der Waals surface area contributed by atoms with Gasteiger partial charge in [0.15, 0.2) is 9.84 Å². The normalized spacial score (nSPS) is 22.6. The van der Waals surface area contributed by atoms with Crippen molar-refractivity contribution < 1.29 is 17.9 Å². The average Bonchev–Trinajstić information content (AvgIpc) is 2.45. The Bertz CT molecular complexity index is 637. The topological polar surface area (TPSA) is 63.7 Å². The number of nitrogens with zero attached hydrogens (tertiary/aromatic N) is 1. The molecule has 22 heavy (non-hydrogen) atoms. The Morgan fingerprint density at radius 1 is 1.32 bits per heavy atom. The Labute approximate surface area is 136 Å². The summed E-state index contributed by atoms with van der Waals surface area (Å²) in [7, 11) is -3.51. The van der Waals surface area contributed by atoms with E-state index in [2.05, 4.69) is 0 Å². The van der Waals surface area contributed by atoms with Gasteiger partial charge < -0.3 is 9.64 Å². The van der Waals surface area contributed by atoms with E-state index in [9.17, 15) is 13.2 Å². The van der Waals surface area contributed by atoms with E-state index in [1.165, 1.54) is 12.1 Å². The van der Waals surface area contributed by atoms with Gasteiger partial charge in [-0.2, -0.15) is 0 Å². The van der Waals surface area contributed by atoms with Crippen LogP contribution in [0.3, 0.4) is 0 Å². The molecule has 0 aliphatic carbocycles. The third-order valence-electron chi connectivity index (χ3n) is 3.70. The quantitative estimate of drug-likeness (QED) is 0.838. The zero-order chi connectivity index (χ0) is 16.3. The number of sulfone groups is 1. The first-order valence-corrected chi connectivity index (χ1v) is 9.21. The first-order valence-electron chi connectivity index (χ1n) is 7.18. The van der Waals surface area contributed by atoms with Crippen LogP contribution in [0.4, 0.5) is 0 Å². The highest BCUT2D eigenvalue weighted by molar-refractivity contribution is 7.91. The summed E-state index contributed by atoms with van der Waals surface area (Å²) in [4.78, 5) is 14.2. The van der Waals surface area contributed by atoms with Crippen LogP contribution in [-0.4, -0.2) is 50.3 Å². The smallest absolute Gasteiger partial charge is 0.224 e. The number of hydrogen-bond acceptors (Lipinski definition) is 4. The number of rotatable bonds is 4. The predicted octanol–water partition coefficient (Wildman–Crippen LogP) is 2.14. The van der Waals surface area contributed by atoms with Crippen molar-refractivity contribution >= 4 is 27.3 Å². The Morgan fingerprint density at radius 2 is 1.95 bits per heavy atom. The third kappa shape index (κ3) is 4.00. The Morgan fingerprint density at radius 3 is 2.55 bits per heavy atom. The second-order valence-electron chi connectivity index (χ2n) is 5.56. The molecule has 0 spiro atoms. The predicted molar refractivity (Wildman–Crippen MR) is 84.7 cm³/mol. The van der Waals surface area contributed by atoms with Crippen LogP contribution >= 0.6 is 11.6 Å². The number of amides is 1. The molecule has 1 amide bonds. The van der Waals surface area contributed by atoms with Gasteiger partial charge in [-0.1, -0.05) is 17.7 Å². The highest BCUT2D eigenvalue weighted by Gasteiger charge is 2.30. The van der Waals surface area contributed by atoms with Crippen molar-refractivity contribution in [3.63, 3.8) is 0 Å². The van der Waals surface area contributed by atoms with Crippen molar-refractivity contribution in [2.24, 2.45) is 0 Å². The molecule has 1 aromatic carbocycles. The minimum Gasteiger partial charge on any atom is -0.377 e. The second kappa shape index (κ2) is 6.98. The standard InChI is InChI=1S/C15H20ClNO4S/c1-11-9-21-10-12(2)17(11)15(18)6-7-22(19,20)14-5-3-4-13(16)8-14/h3-5,8,11-12H,6-7,9-10H2,1-2H3. The SMILES string of the molecule is CC1COCC(C)N1C(=O)CCS(=O)(=O)c1cccc(Cl)c1. The van der Waals surface area contributed by atoms with E-state index in [4.69, 9.17) is 16.3 Å². The summed E-state index contributed by atoms with van der Waals surface area (Å²) in [5, 5.41) is 0.364. The molecule has 1 saturated heterocycles. The molecule has 1 fully saturated rings. The van der Waals surface area contributed by atoms with Crippen LogP contribution in [0, 0.1) is 0 Å². The number of ether oxygens (including phenoxy) is 1. The minimum absolute atomic E-state index is 0.0369. The number of halogens is 1. The molecule has 1 aliphatic rings. The zero-order valence-electron chi connectivity index (χ0n) is 12.7. The van der Waals surface area contributed by atoms with Crippen LogP contribution in [0.15, 0.2) is 29.2 Å². The lowest BCUT2D eigenvalue weighted by Crippen LogP contribution is -2.52. The fourth-order valence-corrected chi connectivity index (χ4v) is 4.15. The van der Waals surface area contributed by atoms with Crippen LogP contribution in [0.25, 0.3) is 0 Å². The average molecular weight is 346 g/mol. The second-order valence-corrected chi connectivity index (χ2v) is 8.11. The summed E-state index contributed by atoms with van der Waals surface area (Å²) in [6.45, 7) is 4.77. The minimum atomic E-state index is -3.51. The zero-order valence-corrected chi connectivity index (χ0v) is 14.2. The maximum atomic E-state index is 12.3. The molecule has 1 aliphatic heterocycles. The molecule has 0 aromatic heterocycles. The summed E-state index contributed by atoms with van der Waals surface area (Å²) in [5.74, 6) is -0.378. The molecule has 1 heterocycles. The van der Waals surface area contributed by atoms with E-state index in [1.807, 2.05) is 13.8 Å². The van der Waals surface area contributed by atoms with Gasteiger partial charge in [0.2, 0.25) is 5.91 Å². The number of carbonyl (C=O) groups is 1.